The molecule has 3 N–H and O–H groups in total. The van der Waals surface area contributed by atoms with Gasteiger partial charge in [-0.25, -0.2) is 0 Å². The molecule has 0 fully saturated rings. The van der Waals surface area contributed by atoms with Gasteiger partial charge in [0.15, 0.2) is 5.78 Å². The van der Waals surface area contributed by atoms with Gasteiger partial charge >= 0.3 is 0 Å². The van der Waals surface area contributed by atoms with Gasteiger partial charge in [0.05, 0.1) is 13.7 Å². The van der Waals surface area contributed by atoms with Crippen LogP contribution in [0, 0.1) is 0 Å². The molecule has 0 bridgehead atoms. The molecule has 6 nitrogen and oxygen atoms in total. The molecule has 0 amide bonds. The molecule has 1 unspecified atom stereocenters. The lowest BCUT2D eigenvalue weighted by Crippen LogP contribution is -2.21. The van der Waals surface area contributed by atoms with Crippen LogP contribution in [0.3, 0.4) is 0 Å². The third-order valence-corrected chi connectivity index (χ3v) is 5.28. The second-order valence-corrected chi connectivity index (χ2v) is 7.47. The molecule has 1 heterocycles. The Hall–Kier alpha value is -4.03. The first-order valence-electron chi connectivity index (χ1n) is 10.7. The molecule has 0 aliphatic rings. The maximum Gasteiger partial charge on any atom is 0.191 e. The second kappa shape index (κ2) is 10.5. The van der Waals surface area contributed by atoms with Crippen molar-refractivity contribution in [3.63, 3.8) is 0 Å². The molecule has 3 aromatic carbocycles. The molecular formula is C27H26N2O4. The van der Waals surface area contributed by atoms with E-state index in [2.05, 4.69) is 10.3 Å². The van der Waals surface area contributed by atoms with Gasteiger partial charge in [0.1, 0.15) is 24.1 Å². The molecule has 1 aromatic heterocycles. The Morgan fingerprint density at radius 2 is 1.67 bits per heavy atom. The molecule has 0 saturated carbocycles. The van der Waals surface area contributed by atoms with Crippen molar-refractivity contribution in [2.24, 2.45) is 0 Å². The number of hydrogen-bond donors (Lipinski definition) is 3. The van der Waals surface area contributed by atoms with Crippen molar-refractivity contribution in [1.29, 1.82) is 0 Å². The minimum absolute atomic E-state index is 0.0676. The number of anilines is 1. The number of ether oxygens (including phenoxy) is 2. The number of rotatable bonds is 10. The van der Waals surface area contributed by atoms with Crippen molar-refractivity contribution < 1.29 is 19.4 Å². The summed E-state index contributed by atoms with van der Waals surface area (Å²) in [6, 6.07) is 24.1. The average molecular weight is 443 g/mol. The van der Waals surface area contributed by atoms with Crippen molar-refractivity contribution in [3.05, 3.63) is 102 Å². The minimum atomic E-state index is -0.637. The fourth-order valence-corrected chi connectivity index (χ4v) is 3.71. The van der Waals surface area contributed by atoms with Crippen LogP contribution in [0.4, 0.5) is 5.69 Å². The maximum absolute atomic E-state index is 13.8. The number of methoxy groups -OCH3 is 1. The third-order valence-electron chi connectivity index (χ3n) is 5.28. The van der Waals surface area contributed by atoms with Gasteiger partial charge in [-0.3, -0.25) is 4.79 Å². The van der Waals surface area contributed by atoms with Crippen LogP contribution >= 0.6 is 0 Å². The molecule has 4 aromatic rings. The number of H-pyrrole nitrogens is 1. The highest BCUT2D eigenvalue weighted by Gasteiger charge is 2.25. The first-order valence-corrected chi connectivity index (χ1v) is 10.7. The lowest BCUT2D eigenvalue weighted by atomic mass is 9.94. The lowest BCUT2D eigenvalue weighted by Gasteiger charge is -2.21. The molecule has 168 valence electrons. The summed E-state index contributed by atoms with van der Waals surface area (Å²) in [4.78, 5) is 16.9. The molecule has 0 spiro atoms. The molecule has 1 atom stereocenters. The van der Waals surface area contributed by atoms with E-state index in [9.17, 15) is 4.79 Å². The number of aliphatic hydroxyl groups excluding tert-OH is 1. The molecule has 33 heavy (non-hydrogen) atoms. The fraction of sp³-hybridized carbons (Fsp3) is 0.148. The molecule has 0 aliphatic heterocycles. The number of carbonyl (C=O) groups excluding carboxylic acids is 1. The van der Waals surface area contributed by atoms with Crippen LogP contribution in [0.1, 0.15) is 22.0 Å². The van der Waals surface area contributed by atoms with Crippen molar-refractivity contribution in [2.45, 2.75) is 6.04 Å². The lowest BCUT2D eigenvalue weighted by molar-refractivity contribution is 0.0970. The Kier molecular flexibility index (Phi) is 7.07. The Morgan fingerprint density at radius 1 is 0.970 bits per heavy atom. The largest absolute Gasteiger partial charge is 0.497 e. The highest BCUT2D eigenvalue weighted by atomic mass is 16.5. The second-order valence-electron chi connectivity index (χ2n) is 7.47. The zero-order valence-electron chi connectivity index (χ0n) is 18.3. The normalized spacial score (nSPS) is 11.6. The predicted octanol–water partition coefficient (Wildman–Crippen LogP) is 5.10. The number of aliphatic hydroxyl groups is 1. The number of benzene rings is 3. The Labute approximate surface area is 192 Å². The summed E-state index contributed by atoms with van der Waals surface area (Å²) in [6.45, 7) is 0.0677. The van der Waals surface area contributed by atoms with E-state index in [-0.39, 0.29) is 19.0 Å². The summed E-state index contributed by atoms with van der Waals surface area (Å²) in [5.74, 6) is 1.05. The monoisotopic (exact) mass is 442 g/mol. The van der Waals surface area contributed by atoms with E-state index in [4.69, 9.17) is 14.6 Å². The van der Waals surface area contributed by atoms with Crippen LogP contribution in [-0.4, -0.2) is 36.2 Å². The van der Waals surface area contributed by atoms with Crippen LogP contribution < -0.4 is 14.8 Å². The van der Waals surface area contributed by atoms with Crippen LogP contribution in [0.25, 0.3) is 11.1 Å². The number of aromatic nitrogens is 1. The van der Waals surface area contributed by atoms with E-state index in [1.807, 2.05) is 72.9 Å². The van der Waals surface area contributed by atoms with E-state index in [1.165, 1.54) is 0 Å². The average Bonchev–Trinajstić information content (AvgIpc) is 3.36. The van der Waals surface area contributed by atoms with E-state index in [0.29, 0.717) is 22.7 Å². The quantitative estimate of drug-likeness (QED) is 0.298. The molecule has 0 aliphatic carbocycles. The fourth-order valence-electron chi connectivity index (χ4n) is 3.71. The van der Waals surface area contributed by atoms with Crippen LogP contribution in [0.15, 0.2) is 91.3 Å². The SMILES string of the molecule is COc1cc(NC(C(=O)c2c[nH]cc2-c2ccccc2)c2ccccc2)cc(OCCO)c1. The zero-order chi connectivity index (χ0) is 23.0. The molecule has 6 heteroatoms. The number of Topliss-reactive ketones (excluding diaryl/α,β-unsaturated/α-hetero) is 1. The van der Waals surface area contributed by atoms with Gasteiger partial charge in [-0.1, -0.05) is 60.7 Å². The van der Waals surface area contributed by atoms with E-state index in [0.717, 1.165) is 16.7 Å². The van der Waals surface area contributed by atoms with Crippen molar-refractivity contribution >= 4 is 11.5 Å². The van der Waals surface area contributed by atoms with E-state index >= 15 is 0 Å². The summed E-state index contributed by atoms with van der Waals surface area (Å²) in [7, 11) is 1.57. The van der Waals surface area contributed by atoms with Gasteiger partial charge in [0.25, 0.3) is 0 Å². The van der Waals surface area contributed by atoms with Crippen molar-refractivity contribution in [2.75, 3.05) is 25.6 Å². The van der Waals surface area contributed by atoms with Gasteiger partial charge in [0.2, 0.25) is 0 Å². The molecular weight excluding hydrogens is 416 g/mol. The first-order chi connectivity index (χ1) is 16.2. The predicted molar refractivity (Wildman–Crippen MR) is 129 cm³/mol. The Morgan fingerprint density at radius 3 is 2.36 bits per heavy atom. The highest BCUT2D eigenvalue weighted by Crippen LogP contribution is 2.32. The van der Waals surface area contributed by atoms with Crippen LogP contribution in [0.5, 0.6) is 11.5 Å². The number of ketones is 1. The van der Waals surface area contributed by atoms with Gasteiger partial charge < -0.3 is 24.9 Å². The summed E-state index contributed by atoms with van der Waals surface area (Å²) in [6.07, 6.45) is 3.58. The summed E-state index contributed by atoms with van der Waals surface area (Å²) >= 11 is 0. The minimum Gasteiger partial charge on any atom is -0.497 e. The summed E-state index contributed by atoms with van der Waals surface area (Å²) < 4.78 is 11.0. The highest BCUT2D eigenvalue weighted by molar-refractivity contribution is 6.07. The number of nitrogens with one attached hydrogen (secondary N) is 2. The van der Waals surface area contributed by atoms with Crippen LogP contribution in [-0.2, 0) is 0 Å². The van der Waals surface area contributed by atoms with Crippen LogP contribution in [0.2, 0.25) is 0 Å². The van der Waals surface area contributed by atoms with E-state index in [1.54, 1.807) is 25.4 Å². The number of hydrogen-bond acceptors (Lipinski definition) is 5. The molecule has 0 saturated heterocycles. The summed E-state index contributed by atoms with van der Waals surface area (Å²) in [5.41, 5.74) is 3.92. The van der Waals surface area contributed by atoms with E-state index < -0.39 is 6.04 Å². The van der Waals surface area contributed by atoms with Gasteiger partial charge in [0, 0.05) is 47.4 Å². The smallest absolute Gasteiger partial charge is 0.191 e. The number of carbonyl (C=O) groups is 1. The van der Waals surface area contributed by atoms with Gasteiger partial charge in [-0.2, -0.15) is 0 Å². The zero-order valence-corrected chi connectivity index (χ0v) is 18.3. The molecule has 0 radical (unpaired) electrons. The van der Waals surface area contributed by atoms with Gasteiger partial charge in [-0.05, 0) is 11.1 Å². The third kappa shape index (κ3) is 5.25. The number of aromatic amines is 1. The summed E-state index contributed by atoms with van der Waals surface area (Å²) in [5, 5.41) is 12.5. The standard InChI is InChI=1S/C27H26N2O4/c1-32-22-14-21(15-23(16-22)33-13-12-30)29-26(20-10-6-3-7-11-20)27(31)25-18-28-17-24(25)19-8-4-2-5-9-19/h2-11,14-18,26,28-30H,12-13H2,1H3. The Balaban J connectivity index is 1.71. The Bertz CT molecular complexity index is 1190. The first kappa shape index (κ1) is 22.2. The maximum atomic E-state index is 13.8. The molecule has 4 rings (SSSR count). The van der Waals surface area contributed by atoms with Gasteiger partial charge in [-0.15, -0.1) is 0 Å². The van der Waals surface area contributed by atoms with Crippen molar-refractivity contribution in [3.8, 4) is 22.6 Å². The topological polar surface area (TPSA) is 83.6 Å². The van der Waals surface area contributed by atoms with Crippen molar-refractivity contribution in [1.82, 2.24) is 4.98 Å².